The van der Waals surface area contributed by atoms with Crippen LogP contribution in [-0.2, 0) is 29.5 Å². The average molecular weight is 769 g/mol. The Hall–Kier alpha value is -6.12. The Labute approximate surface area is 321 Å². The molecular weight excluding hydrogens is 725 g/mol. The molecule has 14 heteroatoms. The monoisotopic (exact) mass is 768 g/mol. The Bertz CT molecular complexity index is 2160. The number of hydrogen-bond donors (Lipinski definition) is 0. The molecule has 13 nitrogen and oxygen atoms in total. The Balaban J connectivity index is 1.53. The van der Waals surface area contributed by atoms with E-state index in [1.54, 1.807) is 43.4 Å². The third-order valence-corrected chi connectivity index (χ3v) is 11.1. The minimum Gasteiger partial charge on any atom is -0.497 e. The average Bonchev–Trinajstić information content (AvgIpc) is 3.22. The molecule has 0 N–H and O–H groups in total. The van der Waals surface area contributed by atoms with Crippen LogP contribution in [0.15, 0.2) is 120 Å². The molecule has 0 spiro atoms. The number of sulfonamides is 1. The highest BCUT2D eigenvalue weighted by molar-refractivity contribution is 7.89. The number of rotatable bonds is 16. The molecule has 0 aliphatic rings. The first-order valence-corrected chi connectivity index (χ1v) is 18.7. The van der Waals surface area contributed by atoms with E-state index in [-0.39, 0.29) is 23.7 Å². The molecule has 0 heterocycles. The highest BCUT2D eigenvalue weighted by Gasteiger charge is 2.33. The summed E-state index contributed by atoms with van der Waals surface area (Å²) in [6, 6.07) is 31.8. The smallest absolute Gasteiger partial charge is 0.324 e. The summed E-state index contributed by atoms with van der Waals surface area (Å²) in [5, 5.41) is 12.6. The van der Waals surface area contributed by atoms with E-state index in [0.717, 1.165) is 22.1 Å². The predicted molar refractivity (Wildman–Crippen MR) is 210 cm³/mol. The van der Waals surface area contributed by atoms with Crippen LogP contribution in [0.25, 0.3) is 0 Å². The Morgan fingerprint density at radius 3 is 1.73 bits per heavy atom. The lowest BCUT2D eigenvalue weighted by Gasteiger charge is -2.32. The first-order chi connectivity index (χ1) is 26.4. The predicted octanol–water partition coefficient (Wildman–Crippen LogP) is 7.49. The molecule has 288 valence electrons. The molecule has 1 atom stereocenters. The largest absolute Gasteiger partial charge is 0.497 e. The van der Waals surface area contributed by atoms with Crippen LogP contribution in [-0.4, -0.2) is 71.1 Å². The lowest BCUT2D eigenvalue weighted by molar-refractivity contribution is -0.384. The topological polar surface area (TPSA) is 141 Å². The zero-order valence-corrected chi connectivity index (χ0v) is 32.4. The number of nitro groups is 1. The molecule has 2 amide bonds. The summed E-state index contributed by atoms with van der Waals surface area (Å²) in [6.45, 7) is -0.350. The second-order valence-corrected chi connectivity index (χ2v) is 14.5. The maximum atomic E-state index is 14.6. The number of benzene rings is 5. The summed E-state index contributed by atoms with van der Waals surface area (Å²) in [5.74, 6) is 1.79. The number of urea groups is 1. The van der Waals surface area contributed by atoms with Gasteiger partial charge in [0.25, 0.3) is 5.69 Å². The number of nitro benzene ring substituents is 1. The third-order valence-electron chi connectivity index (χ3n) is 9.34. The Morgan fingerprint density at radius 1 is 0.709 bits per heavy atom. The minimum atomic E-state index is -4.46. The van der Waals surface area contributed by atoms with Crippen LogP contribution < -0.4 is 23.8 Å². The number of likely N-dealkylation sites (N-methyl/N-ethyl adjacent to an activating group) is 1. The van der Waals surface area contributed by atoms with Gasteiger partial charge in [-0.2, -0.15) is 4.31 Å². The number of carbonyl (C=O) groups is 1. The molecule has 0 saturated heterocycles. The van der Waals surface area contributed by atoms with Crippen molar-refractivity contribution >= 4 is 27.4 Å². The van der Waals surface area contributed by atoms with E-state index in [0.29, 0.717) is 40.5 Å². The van der Waals surface area contributed by atoms with Crippen molar-refractivity contribution in [1.29, 1.82) is 0 Å². The normalized spacial score (nSPS) is 11.8. The summed E-state index contributed by atoms with van der Waals surface area (Å²) in [7, 11) is 4.55. The fraction of sp³-hybridized carbons (Fsp3) is 0.244. The van der Waals surface area contributed by atoms with Crippen molar-refractivity contribution in [1.82, 2.24) is 9.21 Å². The molecule has 0 aromatic heterocycles. The molecule has 1 unspecified atom stereocenters. The van der Waals surface area contributed by atoms with Crippen LogP contribution in [0.3, 0.4) is 0 Å². The van der Waals surface area contributed by atoms with Gasteiger partial charge in [0.2, 0.25) is 10.0 Å². The summed E-state index contributed by atoms with van der Waals surface area (Å²) in [5.41, 5.74) is 2.28. The number of anilines is 1. The number of methoxy groups -OCH3 is 4. The molecule has 0 aliphatic heterocycles. The standard InChI is InChI=1S/C41H44N4O9S/c1-42(41(46)43(2)37(30-15-11-8-12-16-30)23-29-13-9-7-10-14-29)36-22-21-35(26-38(36)45(47)48)55(49,50)44(27-31-17-19-33(51-3)24-39(31)53-5)28-32-18-20-34(52-4)25-40(32)54-6/h7-22,24-26,37H,23,27-28H2,1-6H3. The van der Waals surface area contributed by atoms with Crippen molar-refractivity contribution in [2.45, 2.75) is 30.4 Å². The molecular formula is C41H44N4O9S. The lowest BCUT2D eigenvalue weighted by atomic mass is 9.98. The van der Waals surface area contributed by atoms with Crippen molar-refractivity contribution in [3.63, 3.8) is 0 Å². The summed E-state index contributed by atoms with van der Waals surface area (Å²) in [4.78, 5) is 28.4. The van der Waals surface area contributed by atoms with Crippen LogP contribution in [0.1, 0.15) is 28.3 Å². The van der Waals surface area contributed by atoms with Crippen molar-refractivity contribution in [2.24, 2.45) is 0 Å². The molecule has 0 saturated carbocycles. The molecule has 5 rings (SSSR count). The molecule has 0 bridgehead atoms. The SMILES string of the molecule is COc1ccc(CN(Cc2ccc(OC)cc2OC)S(=O)(=O)c2ccc(N(C)C(=O)N(C)C(Cc3ccccc3)c3ccccc3)c([N+](=O)[O-])c2)c(OC)c1. The van der Waals surface area contributed by atoms with Crippen molar-refractivity contribution in [3.05, 3.63) is 148 Å². The highest BCUT2D eigenvalue weighted by Crippen LogP contribution is 2.36. The minimum absolute atomic E-state index is 0.0764. The zero-order valence-electron chi connectivity index (χ0n) is 31.5. The molecule has 55 heavy (non-hydrogen) atoms. The molecule has 0 fully saturated rings. The van der Waals surface area contributed by atoms with Crippen LogP contribution in [0.4, 0.5) is 16.2 Å². The van der Waals surface area contributed by atoms with E-state index in [1.165, 1.54) is 56.8 Å². The molecule has 0 radical (unpaired) electrons. The second-order valence-electron chi connectivity index (χ2n) is 12.6. The van der Waals surface area contributed by atoms with E-state index in [4.69, 9.17) is 18.9 Å². The van der Waals surface area contributed by atoms with E-state index in [2.05, 4.69) is 0 Å². The van der Waals surface area contributed by atoms with E-state index >= 15 is 0 Å². The zero-order chi connectivity index (χ0) is 39.7. The third kappa shape index (κ3) is 9.16. The van der Waals surface area contributed by atoms with Gasteiger partial charge in [-0.15, -0.1) is 0 Å². The maximum Gasteiger partial charge on any atom is 0.324 e. The number of hydrogen-bond acceptors (Lipinski definition) is 9. The Kier molecular flexibility index (Phi) is 13.0. The first-order valence-electron chi connectivity index (χ1n) is 17.2. The van der Waals surface area contributed by atoms with Gasteiger partial charge in [0, 0.05) is 56.5 Å². The fourth-order valence-corrected chi connectivity index (χ4v) is 7.69. The number of amides is 2. The van der Waals surface area contributed by atoms with Gasteiger partial charge >= 0.3 is 6.03 Å². The number of carbonyl (C=O) groups excluding carboxylic acids is 1. The first kappa shape index (κ1) is 40.1. The van der Waals surface area contributed by atoms with Crippen LogP contribution in [0, 0.1) is 10.1 Å². The van der Waals surface area contributed by atoms with Crippen LogP contribution in [0.2, 0.25) is 0 Å². The van der Waals surface area contributed by atoms with Gasteiger partial charge in [-0.1, -0.05) is 72.8 Å². The van der Waals surface area contributed by atoms with Crippen LogP contribution in [0.5, 0.6) is 23.0 Å². The van der Waals surface area contributed by atoms with E-state index in [9.17, 15) is 23.3 Å². The van der Waals surface area contributed by atoms with Crippen molar-refractivity contribution in [2.75, 3.05) is 47.4 Å². The van der Waals surface area contributed by atoms with E-state index < -0.39 is 32.7 Å². The molecule has 5 aromatic rings. The quantitative estimate of drug-likeness (QED) is 0.0738. The van der Waals surface area contributed by atoms with Gasteiger partial charge in [-0.3, -0.25) is 15.0 Å². The van der Waals surface area contributed by atoms with Gasteiger partial charge in [-0.25, -0.2) is 13.2 Å². The summed E-state index contributed by atoms with van der Waals surface area (Å²) >= 11 is 0. The van der Waals surface area contributed by atoms with Crippen LogP contribution >= 0.6 is 0 Å². The van der Waals surface area contributed by atoms with Crippen molar-refractivity contribution < 1.29 is 37.1 Å². The number of ether oxygens (including phenoxy) is 4. The van der Waals surface area contributed by atoms with Gasteiger partial charge in [0.05, 0.1) is 44.3 Å². The van der Waals surface area contributed by atoms with Crippen molar-refractivity contribution in [3.8, 4) is 23.0 Å². The fourth-order valence-electron chi connectivity index (χ4n) is 6.28. The molecule has 0 aliphatic carbocycles. The van der Waals surface area contributed by atoms with Gasteiger partial charge in [0.1, 0.15) is 28.7 Å². The van der Waals surface area contributed by atoms with Gasteiger partial charge < -0.3 is 23.8 Å². The second kappa shape index (κ2) is 17.8. The summed E-state index contributed by atoms with van der Waals surface area (Å²) in [6.07, 6.45) is 0.494. The molecule has 5 aromatic carbocycles. The van der Waals surface area contributed by atoms with Gasteiger partial charge in [-0.05, 0) is 41.8 Å². The number of nitrogens with zero attached hydrogens (tertiary/aromatic N) is 4. The lowest BCUT2D eigenvalue weighted by Crippen LogP contribution is -2.42. The van der Waals surface area contributed by atoms with E-state index in [1.807, 2.05) is 60.7 Å². The Morgan fingerprint density at radius 2 is 1.24 bits per heavy atom. The van der Waals surface area contributed by atoms with Gasteiger partial charge in [0.15, 0.2) is 0 Å². The summed E-state index contributed by atoms with van der Waals surface area (Å²) < 4.78 is 52.1. The highest BCUT2D eigenvalue weighted by atomic mass is 32.2. The maximum absolute atomic E-state index is 14.6.